The number of hydrogen-bond acceptors (Lipinski definition) is 4. The molecule has 1 atom stereocenters. The highest BCUT2D eigenvalue weighted by Gasteiger charge is 1.89. The maximum Gasteiger partial charge on any atom is 0.113 e. The van der Waals surface area contributed by atoms with E-state index in [-0.39, 0.29) is 0 Å². The van der Waals surface area contributed by atoms with Crippen LogP contribution >= 0.6 is 0 Å². The summed E-state index contributed by atoms with van der Waals surface area (Å²) < 4.78 is 5.00. The fourth-order valence-corrected chi connectivity index (χ4v) is 0.700. The van der Waals surface area contributed by atoms with E-state index in [1.807, 2.05) is 6.92 Å². The van der Waals surface area contributed by atoms with Gasteiger partial charge >= 0.3 is 0 Å². The number of ether oxygens (including phenoxy) is 1. The highest BCUT2D eigenvalue weighted by atomic mass is 16.5. The van der Waals surface area contributed by atoms with Crippen LogP contribution in [0.25, 0.3) is 0 Å². The van der Waals surface area contributed by atoms with Crippen molar-refractivity contribution in [3.05, 3.63) is 12.0 Å². The van der Waals surface area contributed by atoms with Crippen molar-refractivity contribution in [1.82, 2.24) is 5.32 Å². The van der Waals surface area contributed by atoms with Crippen LogP contribution in [0.15, 0.2) is 17.0 Å². The van der Waals surface area contributed by atoms with E-state index in [2.05, 4.69) is 10.3 Å². The molecule has 76 valence electrons. The Labute approximate surface area is 79.3 Å². The SMILES string of the molecule is CC/C(=C\N=C/CNC(C)O)OC. The second-order valence-corrected chi connectivity index (χ2v) is 2.57. The molecule has 0 fully saturated rings. The van der Waals surface area contributed by atoms with Crippen LogP contribution < -0.4 is 5.32 Å². The van der Waals surface area contributed by atoms with Gasteiger partial charge in [0.25, 0.3) is 0 Å². The molecule has 0 aliphatic rings. The van der Waals surface area contributed by atoms with E-state index >= 15 is 0 Å². The first-order chi connectivity index (χ1) is 6.20. The third-order valence-corrected chi connectivity index (χ3v) is 1.44. The topological polar surface area (TPSA) is 53.9 Å². The number of rotatable bonds is 6. The van der Waals surface area contributed by atoms with Crippen LogP contribution in [0.3, 0.4) is 0 Å². The Hall–Kier alpha value is -0.870. The minimum absolute atomic E-state index is 0.497. The average Bonchev–Trinajstić information content (AvgIpc) is 2.11. The van der Waals surface area contributed by atoms with Gasteiger partial charge in [-0.2, -0.15) is 0 Å². The monoisotopic (exact) mass is 186 g/mol. The van der Waals surface area contributed by atoms with E-state index in [0.717, 1.165) is 12.2 Å². The standard InChI is InChI=1S/C9H18N2O2/c1-4-9(13-3)7-10-5-6-11-8(2)12/h5,7-8,11-12H,4,6H2,1-3H3/b9-7+,10-5-. The molecule has 0 radical (unpaired) electrons. The predicted molar refractivity (Wildman–Crippen MR) is 53.6 cm³/mol. The van der Waals surface area contributed by atoms with Crippen LogP contribution in [0.4, 0.5) is 0 Å². The van der Waals surface area contributed by atoms with Crippen molar-refractivity contribution in [3.63, 3.8) is 0 Å². The smallest absolute Gasteiger partial charge is 0.113 e. The first kappa shape index (κ1) is 12.1. The fourth-order valence-electron chi connectivity index (χ4n) is 0.700. The van der Waals surface area contributed by atoms with Gasteiger partial charge in [0, 0.05) is 19.2 Å². The van der Waals surface area contributed by atoms with Crippen molar-refractivity contribution in [3.8, 4) is 0 Å². The van der Waals surface area contributed by atoms with E-state index in [1.54, 1.807) is 26.4 Å². The molecule has 4 nitrogen and oxygen atoms in total. The summed E-state index contributed by atoms with van der Waals surface area (Å²) in [6.45, 7) is 4.21. The van der Waals surface area contributed by atoms with Crippen molar-refractivity contribution in [2.24, 2.45) is 4.99 Å². The summed E-state index contributed by atoms with van der Waals surface area (Å²) in [6, 6.07) is 0. The van der Waals surface area contributed by atoms with Crippen molar-refractivity contribution >= 4 is 6.21 Å². The lowest BCUT2D eigenvalue weighted by atomic mass is 10.4. The van der Waals surface area contributed by atoms with Gasteiger partial charge < -0.3 is 9.84 Å². The molecule has 0 amide bonds. The molecule has 0 aromatic rings. The van der Waals surface area contributed by atoms with Gasteiger partial charge in [-0.05, 0) is 6.92 Å². The molecule has 1 unspecified atom stereocenters. The van der Waals surface area contributed by atoms with Gasteiger partial charge in [0.2, 0.25) is 0 Å². The quantitative estimate of drug-likeness (QED) is 0.368. The summed E-state index contributed by atoms with van der Waals surface area (Å²) in [5, 5.41) is 11.6. The normalized spacial score (nSPS) is 14.9. The predicted octanol–water partition coefficient (Wildman–Crippen LogP) is 0.883. The molecule has 0 aromatic heterocycles. The van der Waals surface area contributed by atoms with E-state index < -0.39 is 6.23 Å². The highest BCUT2D eigenvalue weighted by Crippen LogP contribution is 1.99. The number of aliphatic imine (C=N–C) groups is 1. The minimum atomic E-state index is -0.497. The van der Waals surface area contributed by atoms with Crippen molar-refractivity contribution in [1.29, 1.82) is 0 Å². The number of nitrogens with zero attached hydrogens (tertiary/aromatic N) is 1. The summed E-state index contributed by atoms with van der Waals surface area (Å²) >= 11 is 0. The molecule has 0 saturated heterocycles. The molecule has 0 aliphatic carbocycles. The number of aliphatic hydroxyl groups excluding tert-OH is 1. The summed E-state index contributed by atoms with van der Waals surface area (Å²) in [5.41, 5.74) is 0. The van der Waals surface area contributed by atoms with E-state index in [4.69, 9.17) is 9.84 Å². The highest BCUT2D eigenvalue weighted by molar-refractivity contribution is 5.60. The van der Waals surface area contributed by atoms with E-state index in [9.17, 15) is 0 Å². The lowest BCUT2D eigenvalue weighted by Crippen LogP contribution is -2.26. The number of methoxy groups -OCH3 is 1. The van der Waals surface area contributed by atoms with Crippen LogP contribution in [0, 0.1) is 0 Å². The van der Waals surface area contributed by atoms with Gasteiger partial charge in [-0.15, -0.1) is 0 Å². The number of nitrogens with one attached hydrogen (secondary N) is 1. The molecule has 0 rings (SSSR count). The molecule has 0 aliphatic heterocycles. The Morgan fingerprint density at radius 2 is 2.38 bits per heavy atom. The van der Waals surface area contributed by atoms with Crippen LogP contribution in [0.2, 0.25) is 0 Å². The molecular weight excluding hydrogens is 168 g/mol. The maximum absolute atomic E-state index is 8.84. The van der Waals surface area contributed by atoms with Gasteiger partial charge in [0.15, 0.2) is 0 Å². The summed E-state index contributed by atoms with van der Waals surface area (Å²) in [7, 11) is 1.62. The largest absolute Gasteiger partial charge is 0.500 e. The molecule has 0 saturated carbocycles. The second kappa shape index (κ2) is 7.76. The minimum Gasteiger partial charge on any atom is -0.500 e. The first-order valence-corrected chi connectivity index (χ1v) is 4.36. The van der Waals surface area contributed by atoms with E-state index in [0.29, 0.717) is 6.54 Å². The van der Waals surface area contributed by atoms with Gasteiger partial charge in [-0.3, -0.25) is 10.3 Å². The fraction of sp³-hybridized carbons (Fsp3) is 0.667. The van der Waals surface area contributed by atoms with Gasteiger partial charge in [0.1, 0.15) is 12.0 Å². The molecule has 0 bridgehead atoms. The third-order valence-electron chi connectivity index (χ3n) is 1.44. The van der Waals surface area contributed by atoms with Crippen LogP contribution in [-0.4, -0.2) is 31.2 Å². The Bertz CT molecular complexity index is 170. The molecule has 13 heavy (non-hydrogen) atoms. The summed E-state index contributed by atoms with van der Waals surface area (Å²) in [4.78, 5) is 4.00. The lowest BCUT2D eigenvalue weighted by Gasteiger charge is -2.02. The van der Waals surface area contributed by atoms with Crippen molar-refractivity contribution < 1.29 is 9.84 Å². The summed E-state index contributed by atoms with van der Waals surface area (Å²) in [6.07, 6.45) is 3.69. The number of aliphatic hydroxyl groups is 1. The summed E-state index contributed by atoms with van der Waals surface area (Å²) in [5.74, 6) is 0.841. The Morgan fingerprint density at radius 3 is 2.85 bits per heavy atom. The Morgan fingerprint density at radius 1 is 1.69 bits per heavy atom. The van der Waals surface area contributed by atoms with Crippen molar-refractivity contribution in [2.45, 2.75) is 26.5 Å². The van der Waals surface area contributed by atoms with Gasteiger partial charge in [-0.1, -0.05) is 6.92 Å². The number of hydrogen-bond donors (Lipinski definition) is 2. The zero-order valence-electron chi connectivity index (χ0n) is 8.45. The van der Waals surface area contributed by atoms with Gasteiger partial charge in [0.05, 0.1) is 13.3 Å². The average molecular weight is 186 g/mol. The molecule has 2 N–H and O–H groups in total. The molecule has 0 spiro atoms. The third kappa shape index (κ3) is 7.49. The second-order valence-electron chi connectivity index (χ2n) is 2.57. The molecular formula is C9H18N2O2. The lowest BCUT2D eigenvalue weighted by molar-refractivity contribution is 0.163. The van der Waals surface area contributed by atoms with Crippen molar-refractivity contribution in [2.75, 3.05) is 13.7 Å². The Kier molecular flexibility index (Phi) is 7.24. The molecule has 0 aromatic carbocycles. The van der Waals surface area contributed by atoms with Crippen LogP contribution in [-0.2, 0) is 4.74 Å². The first-order valence-electron chi connectivity index (χ1n) is 4.36. The zero-order valence-corrected chi connectivity index (χ0v) is 8.45. The Balaban J connectivity index is 3.66. The van der Waals surface area contributed by atoms with Crippen LogP contribution in [0.1, 0.15) is 20.3 Å². The van der Waals surface area contributed by atoms with Crippen LogP contribution in [0.5, 0.6) is 0 Å². The number of allylic oxidation sites excluding steroid dienone is 1. The molecule has 0 heterocycles. The maximum atomic E-state index is 8.84. The zero-order chi connectivity index (χ0) is 10.1. The molecule has 4 heteroatoms. The van der Waals surface area contributed by atoms with E-state index in [1.165, 1.54) is 0 Å². The van der Waals surface area contributed by atoms with Gasteiger partial charge in [-0.25, -0.2) is 0 Å².